The maximum atomic E-state index is 13.1. The van der Waals surface area contributed by atoms with Crippen molar-refractivity contribution in [1.29, 1.82) is 0 Å². The van der Waals surface area contributed by atoms with Crippen LogP contribution in [0.4, 0.5) is 0 Å². The summed E-state index contributed by atoms with van der Waals surface area (Å²) >= 11 is 0. The van der Waals surface area contributed by atoms with Gasteiger partial charge in [0.2, 0.25) is 29.5 Å². The van der Waals surface area contributed by atoms with E-state index in [1.807, 2.05) is 0 Å². The second-order valence-electron chi connectivity index (χ2n) is 11.9. The third-order valence-corrected chi connectivity index (χ3v) is 7.72. The lowest BCUT2D eigenvalue weighted by Crippen LogP contribution is -2.57. The third kappa shape index (κ3) is 21.1. The number of hydrogen-bond donors (Lipinski definition) is 7. The van der Waals surface area contributed by atoms with E-state index in [4.69, 9.17) is 17.2 Å². The molecule has 10 N–H and O–H groups in total. The van der Waals surface area contributed by atoms with E-state index in [1.165, 1.54) is 65.2 Å². The molecule has 0 aromatic carbocycles. The number of hydrogen-bond acceptors (Lipinski definition) is 7. The van der Waals surface area contributed by atoms with Crippen LogP contribution in [-0.4, -0.2) is 66.8 Å². The molecule has 0 aliphatic carbocycles. The Morgan fingerprint density at radius 3 is 1.41 bits per heavy atom. The maximum absolute atomic E-state index is 13.1. The molecule has 0 spiro atoms. The summed E-state index contributed by atoms with van der Waals surface area (Å²) in [5, 5.41) is 10.7. The first kappa shape index (κ1) is 41.3. The number of carbonyl (C=O) groups excluding carboxylic acids is 5. The standard InChI is InChI=1S/C32H63N7O5/c1-4-5-6-7-8-9-10-11-12-13-14-21-28(40)38-26(19-15-17-22-33)31(43)37-25(3)30(42)39-27(20-16-18-23-34)32(44)36-24(2)29(35)41/h24-27H,4-23,33-34H2,1-3H3,(H2,35,41)(H,36,44)(H,37,43)(H,38,40)(H,39,42)/t24-,25-,26-,27-/m0/s1. The zero-order valence-electron chi connectivity index (χ0n) is 27.7. The predicted molar refractivity (Wildman–Crippen MR) is 175 cm³/mol. The number of amides is 5. The highest BCUT2D eigenvalue weighted by molar-refractivity contribution is 5.95. The third-order valence-electron chi connectivity index (χ3n) is 7.72. The number of carbonyl (C=O) groups is 5. The summed E-state index contributed by atoms with van der Waals surface area (Å²) in [5.41, 5.74) is 16.4. The molecule has 12 heteroatoms. The first-order valence-electron chi connectivity index (χ1n) is 17.0. The summed E-state index contributed by atoms with van der Waals surface area (Å²) in [6.07, 6.45) is 16.7. The van der Waals surface area contributed by atoms with E-state index < -0.39 is 47.8 Å². The molecule has 0 bridgehead atoms. The van der Waals surface area contributed by atoms with Crippen LogP contribution >= 0.6 is 0 Å². The predicted octanol–water partition coefficient (Wildman–Crippen LogP) is 2.41. The van der Waals surface area contributed by atoms with Crippen LogP contribution in [0, 0.1) is 0 Å². The van der Waals surface area contributed by atoms with E-state index in [9.17, 15) is 24.0 Å². The summed E-state index contributed by atoms with van der Waals surface area (Å²) < 4.78 is 0. The molecule has 0 saturated heterocycles. The van der Waals surface area contributed by atoms with Crippen molar-refractivity contribution >= 4 is 29.5 Å². The van der Waals surface area contributed by atoms with Gasteiger partial charge in [-0.05, 0) is 71.9 Å². The summed E-state index contributed by atoms with van der Waals surface area (Å²) in [6.45, 7) is 6.10. The first-order chi connectivity index (χ1) is 21.1. The molecule has 0 radical (unpaired) electrons. The minimum Gasteiger partial charge on any atom is -0.368 e. The fourth-order valence-corrected chi connectivity index (χ4v) is 4.80. The average Bonchev–Trinajstić information content (AvgIpc) is 2.98. The Bertz CT molecular complexity index is 827. The number of nitrogens with two attached hydrogens (primary N) is 3. The molecular formula is C32H63N7O5. The van der Waals surface area contributed by atoms with Gasteiger partial charge in [0.25, 0.3) is 0 Å². The smallest absolute Gasteiger partial charge is 0.243 e. The minimum atomic E-state index is -0.971. The molecule has 0 unspecified atom stereocenters. The molecule has 0 heterocycles. The minimum absolute atomic E-state index is 0.189. The van der Waals surface area contributed by atoms with Crippen molar-refractivity contribution in [3.63, 3.8) is 0 Å². The van der Waals surface area contributed by atoms with Gasteiger partial charge in [-0.25, -0.2) is 0 Å². The van der Waals surface area contributed by atoms with Crippen molar-refractivity contribution in [2.24, 2.45) is 17.2 Å². The van der Waals surface area contributed by atoms with Gasteiger partial charge in [-0.3, -0.25) is 24.0 Å². The quantitative estimate of drug-likeness (QED) is 0.0645. The summed E-state index contributed by atoms with van der Waals surface area (Å²) in [4.78, 5) is 62.8. The fourth-order valence-electron chi connectivity index (χ4n) is 4.80. The molecule has 256 valence electrons. The molecule has 0 aliphatic heterocycles. The largest absolute Gasteiger partial charge is 0.368 e. The first-order valence-corrected chi connectivity index (χ1v) is 17.0. The van der Waals surface area contributed by atoms with E-state index in [-0.39, 0.29) is 5.91 Å². The van der Waals surface area contributed by atoms with Crippen LogP contribution in [0.15, 0.2) is 0 Å². The van der Waals surface area contributed by atoms with Gasteiger partial charge >= 0.3 is 0 Å². The van der Waals surface area contributed by atoms with Gasteiger partial charge in [-0.2, -0.15) is 0 Å². The van der Waals surface area contributed by atoms with Crippen molar-refractivity contribution in [3.8, 4) is 0 Å². The molecule has 4 atom stereocenters. The van der Waals surface area contributed by atoms with E-state index in [0.717, 1.165) is 19.3 Å². The van der Waals surface area contributed by atoms with Crippen LogP contribution in [0.25, 0.3) is 0 Å². The average molecular weight is 626 g/mol. The number of unbranched alkanes of at least 4 members (excludes halogenated alkanes) is 12. The molecule has 0 saturated carbocycles. The Labute approximate surface area is 265 Å². The van der Waals surface area contributed by atoms with E-state index in [2.05, 4.69) is 28.2 Å². The lowest BCUT2D eigenvalue weighted by molar-refractivity contribution is -0.134. The lowest BCUT2D eigenvalue weighted by atomic mass is 10.0. The zero-order chi connectivity index (χ0) is 33.2. The number of primary amides is 1. The van der Waals surface area contributed by atoms with E-state index >= 15 is 0 Å². The Morgan fingerprint density at radius 1 is 0.523 bits per heavy atom. The van der Waals surface area contributed by atoms with Crippen LogP contribution in [0.5, 0.6) is 0 Å². The van der Waals surface area contributed by atoms with Gasteiger partial charge in [0, 0.05) is 6.42 Å². The van der Waals surface area contributed by atoms with Crippen LogP contribution in [0.3, 0.4) is 0 Å². The monoisotopic (exact) mass is 625 g/mol. The molecule has 0 fully saturated rings. The Morgan fingerprint density at radius 2 is 0.955 bits per heavy atom. The van der Waals surface area contributed by atoms with Gasteiger partial charge in [0.05, 0.1) is 0 Å². The number of rotatable bonds is 28. The molecule has 44 heavy (non-hydrogen) atoms. The second kappa shape index (κ2) is 26.7. The van der Waals surface area contributed by atoms with Gasteiger partial charge in [0.1, 0.15) is 24.2 Å². The molecule has 0 aliphatic rings. The van der Waals surface area contributed by atoms with Gasteiger partial charge < -0.3 is 38.5 Å². The van der Waals surface area contributed by atoms with Gasteiger partial charge in [-0.1, -0.05) is 71.1 Å². The lowest BCUT2D eigenvalue weighted by Gasteiger charge is -2.24. The Kier molecular flexibility index (Phi) is 25.0. The summed E-state index contributed by atoms with van der Waals surface area (Å²) in [6, 6.07) is -3.60. The van der Waals surface area contributed by atoms with Crippen LogP contribution < -0.4 is 38.5 Å². The van der Waals surface area contributed by atoms with E-state index in [0.29, 0.717) is 58.0 Å². The topological polar surface area (TPSA) is 212 Å². The van der Waals surface area contributed by atoms with Gasteiger partial charge in [0.15, 0.2) is 0 Å². The van der Waals surface area contributed by atoms with Crippen LogP contribution in [0.1, 0.15) is 136 Å². The molecular weight excluding hydrogens is 562 g/mol. The second-order valence-corrected chi connectivity index (χ2v) is 11.9. The molecule has 0 rings (SSSR count). The molecule has 0 aromatic heterocycles. The van der Waals surface area contributed by atoms with Crippen molar-refractivity contribution in [2.45, 2.75) is 161 Å². The highest BCUT2D eigenvalue weighted by Crippen LogP contribution is 2.12. The fraction of sp³-hybridized carbons (Fsp3) is 0.844. The van der Waals surface area contributed by atoms with Crippen molar-refractivity contribution in [3.05, 3.63) is 0 Å². The zero-order valence-corrected chi connectivity index (χ0v) is 27.7. The Hall–Kier alpha value is -2.73. The van der Waals surface area contributed by atoms with Crippen molar-refractivity contribution in [1.82, 2.24) is 21.3 Å². The SMILES string of the molecule is CCCCCCCCCCCCCC(=O)N[C@@H](CCCCN)C(=O)N[C@@H](C)C(=O)N[C@@H](CCCCN)C(=O)N[C@@H](C)C(N)=O. The van der Waals surface area contributed by atoms with Crippen molar-refractivity contribution < 1.29 is 24.0 Å². The summed E-state index contributed by atoms with van der Waals surface area (Å²) in [7, 11) is 0. The highest BCUT2D eigenvalue weighted by Gasteiger charge is 2.28. The molecule has 5 amide bonds. The van der Waals surface area contributed by atoms with Crippen molar-refractivity contribution in [2.75, 3.05) is 13.1 Å². The van der Waals surface area contributed by atoms with Gasteiger partial charge in [-0.15, -0.1) is 0 Å². The van der Waals surface area contributed by atoms with Crippen LogP contribution in [0.2, 0.25) is 0 Å². The normalized spacial score (nSPS) is 13.8. The summed E-state index contributed by atoms with van der Waals surface area (Å²) in [5.74, 6) is -2.47. The molecule has 0 aromatic rings. The maximum Gasteiger partial charge on any atom is 0.243 e. The highest BCUT2D eigenvalue weighted by atomic mass is 16.2. The van der Waals surface area contributed by atoms with Crippen LogP contribution in [-0.2, 0) is 24.0 Å². The Balaban J connectivity index is 4.84. The number of nitrogens with one attached hydrogen (secondary N) is 4. The molecule has 12 nitrogen and oxygen atoms in total. The van der Waals surface area contributed by atoms with E-state index in [1.54, 1.807) is 0 Å².